The number of amides is 2. The van der Waals surface area contributed by atoms with E-state index in [0.717, 1.165) is 44.1 Å². The smallest absolute Gasteiger partial charge is 0.326 e. The van der Waals surface area contributed by atoms with Gasteiger partial charge in [-0.05, 0) is 159 Å². The lowest BCUT2D eigenvalue weighted by Gasteiger charge is -2.72. The van der Waals surface area contributed by atoms with Crippen LogP contribution in [0.25, 0.3) is 0 Å². The molecule has 0 aliphatic heterocycles. The predicted molar refractivity (Wildman–Crippen MR) is 222 cm³/mol. The number of aliphatic hydroxyl groups is 1. The highest BCUT2D eigenvalue weighted by molar-refractivity contribution is 5.89. The maximum Gasteiger partial charge on any atom is 0.326 e. The van der Waals surface area contributed by atoms with Gasteiger partial charge in [0.05, 0.1) is 16.9 Å². The minimum atomic E-state index is -1.22. The summed E-state index contributed by atoms with van der Waals surface area (Å²) >= 11 is 0. The van der Waals surface area contributed by atoms with Crippen LogP contribution in [0.5, 0.6) is 11.5 Å². The van der Waals surface area contributed by atoms with Crippen LogP contribution in [0, 0.1) is 56.7 Å². The number of allylic oxidation sites excluding steroid dienone is 1. The normalized spacial score (nSPS) is 38.3. The summed E-state index contributed by atoms with van der Waals surface area (Å²) in [4.78, 5) is 54.4. The summed E-state index contributed by atoms with van der Waals surface area (Å²) in [5, 5.41) is 57.6. The van der Waals surface area contributed by atoms with Crippen LogP contribution in [0.3, 0.4) is 0 Å². The highest BCUT2D eigenvalue weighted by Crippen LogP contribution is 2.77. The molecule has 0 saturated heterocycles. The van der Waals surface area contributed by atoms with Crippen molar-refractivity contribution >= 4 is 23.8 Å². The van der Waals surface area contributed by atoms with E-state index in [1.165, 1.54) is 24.3 Å². The third-order valence-corrected chi connectivity index (χ3v) is 17.6. The number of phenolic OH excluding ortho intramolecular Hbond substituents is 2. The summed E-state index contributed by atoms with van der Waals surface area (Å²) in [5.41, 5.74) is -0.155. The minimum absolute atomic E-state index is 0.00377. The molecule has 11 heteroatoms. The topological polar surface area (TPSA) is 193 Å². The second kappa shape index (κ2) is 15.3. The molecule has 2 aromatic rings. The number of benzene rings is 2. The third kappa shape index (κ3) is 6.83. The zero-order valence-corrected chi connectivity index (χ0v) is 35.3. The number of aromatic hydroxyl groups is 2. The van der Waals surface area contributed by atoms with E-state index >= 15 is 0 Å². The first-order valence-electron chi connectivity index (χ1n) is 21.7. The van der Waals surface area contributed by atoms with Crippen LogP contribution < -0.4 is 10.6 Å². The molecule has 0 bridgehead atoms. The highest BCUT2D eigenvalue weighted by Gasteiger charge is 2.73. The van der Waals surface area contributed by atoms with Crippen molar-refractivity contribution in [2.45, 2.75) is 130 Å². The molecule has 0 heterocycles. The van der Waals surface area contributed by atoms with Crippen LogP contribution in [0.4, 0.5) is 0 Å². The number of carbonyl (C=O) groups is 4. The van der Waals surface area contributed by atoms with Crippen LogP contribution in [-0.4, -0.2) is 67.5 Å². The Kier molecular flexibility index (Phi) is 11.1. The Morgan fingerprint density at radius 1 is 0.678 bits per heavy atom. The van der Waals surface area contributed by atoms with Gasteiger partial charge in [0.15, 0.2) is 0 Å². The number of nitrogens with one attached hydrogen (secondary N) is 2. The Morgan fingerprint density at radius 2 is 1.22 bits per heavy atom. The van der Waals surface area contributed by atoms with Crippen LogP contribution in [0.2, 0.25) is 0 Å². The van der Waals surface area contributed by atoms with E-state index < -0.39 is 46.9 Å². The molecule has 2 aromatic carbocycles. The van der Waals surface area contributed by atoms with Crippen molar-refractivity contribution in [3.63, 3.8) is 0 Å². The average molecular weight is 813 g/mol. The van der Waals surface area contributed by atoms with E-state index in [1.807, 2.05) is 6.92 Å². The second-order valence-corrected chi connectivity index (χ2v) is 20.1. The summed E-state index contributed by atoms with van der Waals surface area (Å²) in [7, 11) is 0. The molecule has 0 radical (unpaired) electrons. The van der Waals surface area contributed by atoms with E-state index in [4.69, 9.17) is 0 Å². The van der Waals surface area contributed by atoms with E-state index in [1.54, 1.807) is 24.3 Å². The largest absolute Gasteiger partial charge is 0.508 e. The fourth-order valence-electron chi connectivity index (χ4n) is 14.3. The minimum Gasteiger partial charge on any atom is -0.508 e. The van der Waals surface area contributed by atoms with Gasteiger partial charge >= 0.3 is 11.9 Å². The van der Waals surface area contributed by atoms with Crippen LogP contribution in [-0.2, 0) is 32.0 Å². The van der Waals surface area contributed by atoms with E-state index in [-0.39, 0.29) is 76.1 Å². The van der Waals surface area contributed by atoms with Gasteiger partial charge in [-0.15, -0.1) is 0 Å². The van der Waals surface area contributed by atoms with Crippen LogP contribution in [0.1, 0.15) is 110 Å². The maximum absolute atomic E-state index is 14.8. The third-order valence-electron chi connectivity index (χ3n) is 17.6. The molecule has 7 rings (SSSR count). The van der Waals surface area contributed by atoms with Gasteiger partial charge in [0.2, 0.25) is 11.8 Å². The summed E-state index contributed by atoms with van der Waals surface area (Å²) in [6.07, 6.45) is 6.64. The standard InChI is InChI=1S/C48H64N2O9/c1-27(2)32-17-22-48(43(59)50-35(41(56)57)26-29-9-13-31(52)14-10-29)24-23-45(4)33(39(32)48)15-16-36-44(3)20-19-38(53)47(6,37(44)18-21-46(36,45)5)42(58)49-34(40(54)55)25-28-7-11-30(51)12-8-28/h7-14,32-39,51-53H,1,15-26H2,2-6H3,(H,49,58)(H,50,59)(H,54,55)(H,56,57)/t32-,33+,34-,35-,36+,37+,38+,39+,44+,45+,46+,47-,48-/m0/s1. The van der Waals surface area contributed by atoms with Gasteiger partial charge in [-0.2, -0.15) is 0 Å². The zero-order valence-electron chi connectivity index (χ0n) is 35.3. The SMILES string of the molecule is C=C(C)[C@@H]1CC[C@]2(C(=O)N[C@@H](Cc3ccc(O)cc3)C(=O)O)CC[C@]3(C)[C@H](CC[C@@H]4[C@@]5(C)CC[C@@H](O)[C@@](C)(C(=O)N[C@@H](Cc6ccc(O)cc6)C(=O)O)[C@@H]5CC[C@]43C)[C@@H]12. The zero-order chi connectivity index (χ0) is 42.9. The fourth-order valence-corrected chi connectivity index (χ4v) is 14.3. The molecule has 5 saturated carbocycles. The molecule has 0 unspecified atom stereocenters. The number of fused-ring (bicyclic) bond motifs is 7. The molecular weight excluding hydrogens is 749 g/mol. The first kappa shape index (κ1) is 42.7. The summed E-state index contributed by atoms with van der Waals surface area (Å²) in [6, 6.07) is 10.3. The molecule has 320 valence electrons. The average Bonchev–Trinajstić information content (AvgIpc) is 3.59. The van der Waals surface area contributed by atoms with Crippen molar-refractivity contribution in [2.75, 3.05) is 0 Å². The van der Waals surface area contributed by atoms with Crippen LogP contribution in [0.15, 0.2) is 60.7 Å². The lowest BCUT2D eigenvalue weighted by Crippen LogP contribution is -2.69. The molecule has 11 nitrogen and oxygen atoms in total. The van der Waals surface area contributed by atoms with Gasteiger partial charge < -0.3 is 36.2 Å². The van der Waals surface area contributed by atoms with E-state index in [0.29, 0.717) is 36.8 Å². The summed E-state index contributed by atoms with van der Waals surface area (Å²) in [6.45, 7) is 15.5. The number of rotatable bonds is 11. The number of hydrogen-bond acceptors (Lipinski definition) is 7. The molecule has 59 heavy (non-hydrogen) atoms. The number of carboxylic acid groups (broad SMARTS) is 2. The Morgan fingerprint density at radius 3 is 1.75 bits per heavy atom. The van der Waals surface area contributed by atoms with Crippen molar-refractivity contribution in [2.24, 2.45) is 56.7 Å². The van der Waals surface area contributed by atoms with E-state index in [9.17, 15) is 44.7 Å². The quantitative estimate of drug-likeness (QED) is 0.117. The molecule has 5 aliphatic rings. The number of phenols is 2. The predicted octanol–water partition coefficient (Wildman–Crippen LogP) is 7.02. The lowest BCUT2D eigenvalue weighted by molar-refractivity contribution is -0.246. The van der Waals surface area contributed by atoms with Gasteiger partial charge in [-0.1, -0.05) is 57.2 Å². The van der Waals surface area contributed by atoms with Crippen molar-refractivity contribution in [1.29, 1.82) is 0 Å². The lowest BCUT2D eigenvalue weighted by atomic mass is 9.32. The molecule has 0 aromatic heterocycles. The second-order valence-electron chi connectivity index (χ2n) is 20.1. The van der Waals surface area contributed by atoms with Crippen molar-refractivity contribution in [3.8, 4) is 11.5 Å². The number of aliphatic carboxylic acids is 2. The number of hydrogen-bond donors (Lipinski definition) is 7. The number of aliphatic hydroxyl groups excluding tert-OH is 1. The Bertz CT molecular complexity index is 1980. The summed E-state index contributed by atoms with van der Waals surface area (Å²) in [5.74, 6) is -2.39. The molecule has 13 atom stereocenters. The van der Waals surface area contributed by atoms with Crippen molar-refractivity contribution < 1.29 is 44.7 Å². The Labute approximate surface area is 348 Å². The van der Waals surface area contributed by atoms with Crippen molar-refractivity contribution in [3.05, 3.63) is 71.8 Å². The first-order valence-corrected chi connectivity index (χ1v) is 21.7. The number of carbonyl (C=O) groups excluding carboxylic acids is 2. The molecule has 2 amide bonds. The summed E-state index contributed by atoms with van der Waals surface area (Å²) < 4.78 is 0. The Hall–Kier alpha value is -4.38. The van der Waals surface area contributed by atoms with Crippen molar-refractivity contribution in [1.82, 2.24) is 10.6 Å². The first-order chi connectivity index (χ1) is 27.7. The van der Waals surface area contributed by atoms with Gasteiger partial charge in [0.1, 0.15) is 23.6 Å². The number of carboxylic acids is 2. The molecular formula is C48H64N2O9. The van der Waals surface area contributed by atoms with Gasteiger partial charge in [-0.25, -0.2) is 9.59 Å². The van der Waals surface area contributed by atoms with Gasteiger partial charge in [0, 0.05) is 12.8 Å². The van der Waals surface area contributed by atoms with Gasteiger partial charge in [-0.3, -0.25) is 9.59 Å². The highest BCUT2D eigenvalue weighted by atomic mass is 16.4. The molecule has 0 spiro atoms. The fraction of sp³-hybridized carbons (Fsp3) is 0.625. The maximum atomic E-state index is 14.8. The molecule has 5 fully saturated rings. The van der Waals surface area contributed by atoms with Gasteiger partial charge in [0.25, 0.3) is 0 Å². The monoisotopic (exact) mass is 812 g/mol. The molecule has 5 aliphatic carbocycles. The van der Waals surface area contributed by atoms with E-state index in [2.05, 4.69) is 44.9 Å². The van der Waals surface area contributed by atoms with Crippen LogP contribution >= 0.6 is 0 Å². The Balaban J connectivity index is 1.16. The molecule has 7 N–H and O–H groups in total.